The van der Waals surface area contributed by atoms with Gasteiger partial charge in [-0.05, 0) is 60.2 Å². The number of rotatable bonds is 3. The molecule has 0 saturated heterocycles. The molecule has 11 rings (SSSR count). The first-order valence-corrected chi connectivity index (χ1v) is 16.6. The summed E-state index contributed by atoms with van der Waals surface area (Å²) in [7, 11) is 0. The van der Waals surface area contributed by atoms with Gasteiger partial charge in [-0.25, -0.2) is 0 Å². The average molecular weight is 626 g/mol. The molecular weight excluding hydrogens is 599 g/mol. The van der Waals surface area contributed by atoms with E-state index in [1.807, 2.05) is 18.3 Å². The Morgan fingerprint density at radius 2 is 0.959 bits per heavy atom. The summed E-state index contributed by atoms with van der Waals surface area (Å²) in [5.74, 6) is 0. The Balaban J connectivity index is 1.30. The summed E-state index contributed by atoms with van der Waals surface area (Å²) >= 11 is 0. The summed E-state index contributed by atoms with van der Waals surface area (Å²) in [4.78, 5) is 4.69. The van der Waals surface area contributed by atoms with E-state index >= 15 is 0 Å². The topological polar surface area (TPSA) is 35.9 Å². The van der Waals surface area contributed by atoms with Crippen molar-refractivity contribution in [1.29, 1.82) is 0 Å². The number of pyridine rings is 1. The van der Waals surface area contributed by atoms with Gasteiger partial charge in [0, 0.05) is 49.5 Å². The van der Waals surface area contributed by atoms with Crippen LogP contribution in [0.5, 0.6) is 0 Å². The zero-order chi connectivity index (χ0) is 32.1. The smallest absolute Gasteiger partial charge is 0.145 e. The molecule has 49 heavy (non-hydrogen) atoms. The molecule has 0 amide bonds. The zero-order valence-electron chi connectivity index (χ0n) is 26.3. The second-order valence-corrected chi connectivity index (χ2v) is 12.7. The van der Waals surface area contributed by atoms with E-state index in [-0.39, 0.29) is 0 Å². The predicted molar refractivity (Wildman–Crippen MR) is 203 cm³/mol. The summed E-state index contributed by atoms with van der Waals surface area (Å²) in [6.45, 7) is 0. The van der Waals surface area contributed by atoms with Crippen molar-refractivity contribution in [3.63, 3.8) is 0 Å². The Bertz CT molecular complexity index is 3060. The lowest BCUT2D eigenvalue weighted by atomic mass is 9.98. The Hall–Kier alpha value is -6.65. The van der Waals surface area contributed by atoms with Crippen LogP contribution in [0.15, 0.2) is 168 Å². The minimum atomic E-state index is 0.886. The highest BCUT2D eigenvalue weighted by Gasteiger charge is 2.22. The minimum Gasteiger partial charge on any atom is -0.455 e. The third kappa shape index (κ3) is 3.66. The van der Waals surface area contributed by atoms with Crippen molar-refractivity contribution in [1.82, 2.24) is 14.1 Å². The van der Waals surface area contributed by atoms with Crippen LogP contribution in [0.3, 0.4) is 0 Å². The summed E-state index contributed by atoms with van der Waals surface area (Å²) in [5.41, 5.74) is 11.7. The first-order chi connectivity index (χ1) is 24.3. The summed E-state index contributed by atoms with van der Waals surface area (Å²) in [6.07, 6.45) is 1.91. The quantitative estimate of drug-likeness (QED) is 0.196. The Morgan fingerprint density at radius 1 is 0.408 bits per heavy atom. The van der Waals surface area contributed by atoms with E-state index in [0.717, 1.165) is 66.4 Å². The number of furan rings is 1. The molecular formula is C45H27N3O. The SMILES string of the molecule is c1ccc2c(-n3c4ccccc4c4ccc(-c5c(-n6c7ccccc7c7ccccc76)ccc6c5oc5ccccc56)cc43)ccnc2c1. The number of hydrogen-bond acceptors (Lipinski definition) is 2. The van der Waals surface area contributed by atoms with Gasteiger partial charge in [-0.1, -0.05) is 103 Å². The number of benzene rings is 7. The van der Waals surface area contributed by atoms with Gasteiger partial charge in [-0.15, -0.1) is 0 Å². The van der Waals surface area contributed by atoms with Crippen molar-refractivity contribution in [2.75, 3.05) is 0 Å². The molecule has 0 atom stereocenters. The third-order valence-electron chi connectivity index (χ3n) is 10.2. The van der Waals surface area contributed by atoms with Crippen molar-refractivity contribution in [2.45, 2.75) is 0 Å². The largest absolute Gasteiger partial charge is 0.455 e. The van der Waals surface area contributed by atoms with Crippen molar-refractivity contribution < 1.29 is 4.42 Å². The van der Waals surface area contributed by atoms with E-state index in [2.05, 4.69) is 155 Å². The summed E-state index contributed by atoms with van der Waals surface area (Å²) < 4.78 is 11.6. The minimum absolute atomic E-state index is 0.886. The van der Waals surface area contributed by atoms with Gasteiger partial charge in [0.2, 0.25) is 0 Å². The average Bonchev–Trinajstić information content (AvgIpc) is 3.82. The molecule has 0 spiro atoms. The maximum atomic E-state index is 6.82. The van der Waals surface area contributed by atoms with E-state index in [1.54, 1.807) is 0 Å². The molecule has 0 N–H and O–H groups in total. The number of aromatic nitrogens is 3. The van der Waals surface area contributed by atoms with Crippen LogP contribution in [0.2, 0.25) is 0 Å². The lowest BCUT2D eigenvalue weighted by Crippen LogP contribution is -1.99. The molecule has 11 aromatic rings. The van der Waals surface area contributed by atoms with Gasteiger partial charge in [-0.3, -0.25) is 4.98 Å². The van der Waals surface area contributed by atoms with Crippen LogP contribution < -0.4 is 0 Å². The van der Waals surface area contributed by atoms with Crippen molar-refractivity contribution in [3.05, 3.63) is 164 Å². The molecule has 0 bridgehead atoms. The van der Waals surface area contributed by atoms with Gasteiger partial charge in [0.1, 0.15) is 11.2 Å². The molecule has 0 aliphatic heterocycles. The van der Waals surface area contributed by atoms with Gasteiger partial charge in [0.15, 0.2) is 0 Å². The molecule has 0 fully saturated rings. The van der Waals surface area contributed by atoms with Crippen molar-refractivity contribution in [2.24, 2.45) is 0 Å². The molecule has 0 aliphatic carbocycles. The Morgan fingerprint density at radius 3 is 1.67 bits per heavy atom. The van der Waals surface area contributed by atoms with Crippen LogP contribution in [0.1, 0.15) is 0 Å². The molecule has 4 heteroatoms. The van der Waals surface area contributed by atoms with E-state index in [9.17, 15) is 0 Å². The van der Waals surface area contributed by atoms with Gasteiger partial charge in [0.25, 0.3) is 0 Å². The first-order valence-electron chi connectivity index (χ1n) is 16.6. The number of hydrogen-bond donors (Lipinski definition) is 0. The normalized spacial score (nSPS) is 12.1. The van der Waals surface area contributed by atoms with Crippen molar-refractivity contribution in [3.8, 4) is 22.5 Å². The van der Waals surface area contributed by atoms with Gasteiger partial charge in [0.05, 0.1) is 39.0 Å². The number of fused-ring (bicyclic) bond motifs is 10. The molecule has 7 aromatic carbocycles. The van der Waals surface area contributed by atoms with E-state index in [0.29, 0.717) is 0 Å². The third-order valence-corrected chi connectivity index (χ3v) is 10.2. The van der Waals surface area contributed by atoms with E-state index < -0.39 is 0 Å². The van der Waals surface area contributed by atoms with Crippen LogP contribution in [-0.4, -0.2) is 14.1 Å². The highest BCUT2D eigenvalue weighted by molar-refractivity contribution is 6.16. The second kappa shape index (κ2) is 9.93. The van der Waals surface area contributed by atoms with Crippen LogP contribution in [0.25, 0.3) is 99.0 Å². The fourth-order valence-corrected chi connectivity index (χ4v) is 8.09. The zero-order valence-corrected chi connectivity index (χ0v) is 26.3. The van der Waals surface area contributed by atoms with Crippen LogP contribution in [-0.2, 0) is 0 Å². The van der Waals surface area contributed by atoms with E-state index in [4.69, 9.17) is 9.40 Å². The molecule has 0 aliphatic rings. The number of para-hydroxylation sites is 5. The standard InChI is InChI=1S/C45H27N3O/c1-6-16-36-35(15-1)40(25-26-46-36)48-39-19-9-4-13-31(39)32-22-21-28(27-42(32)48)44-41(24-23-34-33-14-5-10-20-43(33)49-45(34)44)47-37-17-7-2-11-29(37)30-12-3-8-18-38(30)47/h1-27H. The van der Waals surface area contributed by atoms with Crippen LogP contribution >= 0.6 is 0 Å². The lowest BCUT2D eigenvalue weighted by Gasteiger charge is -2.16. The highest BCUT2D eigenvalue weighted by Crippen LogP contribution is 2.44. The summed E-state index contributed by atoms with van der Waals surface area (Å²) in [6, 6.07) is 56.3. The Kier molecular flexibility index (Phi) is 5.35. The molecule has 4 heterocycles. The fourth-order valence-electron chi connectivity index (χ4n) is 8.09. The van der Waals surface area contributed by atoms with Gasteiger partial charge >= 0.3 is 0 Å². The summed E-state index contributed by atoms with van der Waals surface area (Å²) in [5, 5.41) is 8.22. The van der Waals surface area contributed by atoms with Crippen LogP contribution in [0.4, 0.5) is 0 Å². The predicted octanol–water partition coefficient (Wildman–Crippen LogP) is 12.0. The molecule has 228 valence electrons. The van der Waals surface area contributed by atoms with Gasteiger partial charge < -0.3 is 13.6 Å². The molecule has 4 nitrogen and oxygen atoms in total. The Labute approximate surface area is 280 Å². The molecule has 0 saturated carbocycles. The second-order valence-electron chi connectivity index (χ2n) is 12.7. The monoisotopic (exact) mass is 625 g/mol. The maximum Gasteiger partial charge on any atom is 0.145 e. The maximum absolute atomic E-state index is 6.82. The fraction of sp³-hybridized carbons (Fsp3) is 0. The van der Waals surface area contributed by atoms with Crippen molar-refractivity contribution >= 4 is 76.5 Å². The van der Waals surface area contributed by atoms with Crippen LogP contribution in [0, 0.1) is 0 Å². The first kappa shape index (κ1) is 26.4. The lowest BCUT2D eigenvalue weighted by molar-refractivity contribution is 0.670. The van der Waals surface area contributed by atoms with Gasteiger partial charge in [-0.2, -0.15) is 0 Å². The van der Waals surface area contributed by atoms with E-state index in [1.165, 1.54) is 32.6 Å². The highest BCUT2D eigenvalue weighted by atomic mass is 16.3. The molecule has 4 aromatic heterocycles. The number of nitrogens with zero attached hydrogens (tertiary/aromatic N) is 3. The molecule has 0 unspecified atom stereocenters. The molecule has 0 radical (unpaired) electrons.